The van der Waals surface area contributed by atoms with E-state index in [1.165, 1.54) is 19.1 Å². The highest BCUT2D eigenvalue weighted by Gasteiger charge is 2.39. The molecule has 4 N–H and O–H groups in total. The van der Waals surface area contributed by atoms with E-state index >= 15 is 0 Å². The minimum atomic E-state index is -2.26. The van der Waals surface area contributed by atoms with Crippen molar-refractivity contribution >= 4 is 38.0 Å². The third-order valence-corrected chi connectivity index (χ3v) is 14.6. The van der Waals surface area contributed by atoms with Crippen molar-refractivity contribution in [3.8, 4) is 22.6 Å². The molecule has 3 rings (SSSR count). The van der Waals surface area contributed by atoms with Crippen molar-refractivity contribution < 1.29 is 47.3 Å². The molecule has 15 heteroatoms. The first-order valence-corrected chi connectivity index (χ1v) is 22.5. The molecule has 1 aliphatic heterocycles. The first-order valence-electron chi connectivity index (χ1n) is 19.6. The first-order chi connectivity index (χ1) is 26.5. The molecule has 2 aromatic rings. The number of ether oxygens (including phenoxy) is 4. The molecule has 0 spiro atoms. The summed E-state index contributed by atoms with van der Waals surface area (Å²) >= 11 is 0. The summed E-state index contributed by atoms with van der Waals surface area (Å²) in [4.78, 5) is 68.7. The Morgan fingerprint density at radius 1 is 0.965 bits per heavy atom. The molecule has 0 unspecified atom stereocenters. The third-order valence-electron chi connectivity index (χ3n) is 10.1. The van der Waals surface area contributed by atoms with Crippen LogP contribution in [0.2, 0.25) is 18.1 Å². The Hall–Kier alpha value is -4.47. The number of methoxy groups -OCH3 is 1. The zero-order chi connectivity index (χ0) is 42.9. The van der Waals surface area contributed by atoms with E-state index in [-0.39, 0.29) is 37.6 Å². The van der Waals surface area contributed by atoms with Crippen LogP contribution in [0.4, 0.5) is 4.79 Å². The van der Waals surface area contributed by atoms with Gasteiger partial charge < -0.3 is 44.6 Å². The second-order valence-corrected chi connectivity index (χ2v) is 21.9. The summed E-state index contributed by atoms with van der Waals surface area (Å²) in [5.41, 5.74) is 8.06. The molecule has 14 nitrogen and oxygen atoms in total. The van der Waals surface area contributed by atoms with Crippen LogP contribution >= 0.6 is 0 Å². The predicted molar refractivity (Wildman–Crippen MR) is 220 cm³/mol. The number of carbonyl (C=O) groups excluding carboxylic acids is 5. The number of nitrogens with zero attached hydrogens (tertiary/aromatic N) is 1. The van der Waals surface area contributed by atoms with Gasteiger partial charge in [0.2, 0.25) is 11.8 Å². The number of esters is 1. The monoisotopic (exact) mass is 812 g/mol. The maximum Gasteiger partial charge on any atom is 0.407 e. The van der Waals surface area contributed by atoms with Crippen LogP contribution in [-0.2, 0) is 39.5 Å². The van der Waals surface area contributed by atoms with Crippen LogP contribution in [0.15, 0.2) is 36.4 Å². The van der Waals surface area contributed by atoms with Crippen molar-refractivity contribution in [2.24, 2.45) is 11.7 Å². The van der Waals surface area contributed by atoms with E-state index in [2.05, 4.69) is 44.5 Å². The van der Waals surface area contributed by atoms with Gasteiger partial charge in [-0.05, 0) is 80.7 Å². The van der Waals surface area contributed by atoms with Crippen LogP contribution in [0.5, 0.6) is 11.5 Å². The van der Waals surface area contributed by atoms with Crippen molar-refractivity contribution in [3.63, 3.8) is 0 Å². The number of ketones is 1. The number of nitrogens with two attached hydrogens (primary N) is 1. The van der Waals surface area contributed by atoms with E-state index in [1.807, 2.05) is 13.0 Å². The molecule has 0 fully saturated rings. The Bertz CT molecular complexity index is 1750. The molecular weight excluding hydrogens is 749 g/mol. The minimum Gasteiger partial charge on any atom is -0.493 e. The van der Waals surface area contributed by atoms with Gasteiger partial charge in [0, 0.05) is 36.9 Å². The minimum absolute atomic E-state index is 0.0282. The number of fused-ring (bicyclic) bond motifs is 5. The lowest BCUT2D eigenvalue weighted by Crippen LogP contribution is -2.51. The quantitative estimate of drug-likeness (QED) is 0.128. The molecule has 4 bridgehead atoms. The van der Waals surface area contributed by atoms with E-state index in [1.54, 1.807) is 58.0 Å². The maximum absolute atomic E-state index is 14.4. The fraction of sp³-hybridized carbons (Fsp3) is 0.595. The zero-order valence-corrected chi connectivity index (χ0v) is 36.8. The number of benzene rings is 2. The van der Waals surface area contributed by atoms with E-state index in [0.29, 0.717) is 46.8 Å². The van der Waals surface area contributed by atoms with Crippen LogP contribution in [0.3, 0.4) is 0 Å². The van der Waals surface area contributed by atoms with Gasteiger partial charge in [-0.25, -0.2) is 9.59 Å². The van der Waals surface area contributed by atoms with E-state index < -0.39 is 67.6 Å². The summed E-state index contributed by atoms with van der Waals surface area (Å²) in [7, 11) is 0.500. The summed E-state index contributed by atoms with van der Waals surface area (Å²) in [6, 6.07) is 7.32. The second kappa shape index (κ2) is 19.8. The lowest BCUT2D eigenvalue weighted by Gasteiger charge is -2.37. The molecule has 3 amide bonds. The number of hydrogen-bond donors (Lipinski definition) is 3. The number of nitrogens with one attached hydrogen (secondary N) is 2. The van der Waals surface area contributed by atoms with Crippen molar-refractivity contribution in [3.05, 3.63) is 47.5 Å². The second-order valence-electron chi connectivity index (χ2n) is 17.1. The molecule has 0 aliphatic carbocycles. The number of hydrogen-bond acceptors (Lipinski definition) is 11. The van der Waals surface area contributed by atoms with Gasteiger partial charge >= 0.3 is 12.1 Å². The highest BCUT2D eigenvalue weighted by Crippen LogP contribution is 2.41. The molecule has 4 atom stereocenters. The van der Waals surface area contributed by atoms with Gasteiger partial charge in [-0.1, -0.05) is 46.8 Å². The zero-order valence-electron chi connectivity index (χ0n) is 35.8. The fourth-order valence-electron chi connectivity index (χ4n) is 5.93. The van der Waals surface area contributed by atoms with Crippen molar-refractivity contribution in [1.82, 2.24) is 15.5 Å². The highest BCUT2D eigenvalue weighted by atomic mass is 28.4. The Morgan fingerprint density at radius 2 is 1.58 bits per heavy atom. The van der Waals surface area contributed by atoms with Crippen molar-refractivity contribution in [2.45, 2.75) is 117 Å². The smallest absolute Gasteiger partial charge is 0.407 e. The maximum atomic E-state index is 14.4. The third kappa shape index (κ3) is 13.0. The standard InChI is InChI=1S/C42H64N4O10Si/c1-13-19-53-35-17-15-28-24-30(35)29-22-27(14-16-34(29)54-20-18-44-40(51)56-41(3,4)5)23-32(39(50)52-10)45-37(48)26(2)21-33(47)36(28)46(9)38(49)31(43)25-55-57(11,12)42(6,7)8/h14-17,22,24,26,31-32,36H,13,18-21,23,25,43H2,1-12H3,(H,44,51)(H,45,48)/t26-,31+,32+,36+/m1/s1. The van der Waals surface area contributed by atoms with E-state index in [0.717, 1.165) is 0 Å². The van der Waals surface area contributed by atoms with Gasteiger partial charge in [0.25, 0.3) is 0 Å². The Balaban J connectivity index is 2.19. The Morgan fingerprint density at radius 3 is 2.18 bits per heavy atom. The predicted octanol–water partition coefficient (Wildman–Crippen LogP) is 5.70. The molecular formula is C42H64N4O10Si. The molecule has 2 aromatic carbocycles. The van der Waals surface area contributed by atoms with Crippen LogP contribution in [0, 0.1) is 5.92 Å². The summed E-state index contributed by atoms with van der Waals surface area (Å²) in [6.45, 7) is 19.9. The lowest BCUT2D eigenvalue weighted by molar-refractivity contribution is -0.146. The molecule has 0 saturated heterocycles. The van der Waals surface area contributed by atoms with Crippen LogP contribution in [0.1, 0.15) is 85.4 Å². The molecule has 0 radical (unpaired) electrons. The Labute approximate surface area is 339 Å². The molecule has 0 saturated carbocycles. The lowest BCUT2D eigenvalue weighted by atomic mass is 9.89. The van der Waals surface area contributed by atoms with Crippen LogP contribution in [0.25, 0.3) is 11.1 Å². The summed E-state index contributed by atoms with van der Waals surface area (Å²) < 4.78 is 29.2. The average Bonchev–Trinajstić information content (AvgIpc) is 3.12. The number of rotatable bonds is 13. The van der Waals surface area contributed by atoms with Crippen molar-refractivity contribution in [2.75, 3.05) is 40.5 Å². The van der Waals surface area contributed by atoms with Gasteiger partial charge in [-0.2, -0.15) is 0 Å². The number of likely N-dealkylation sites (N-methyl/N-ethyl adjacent to an activating group) is 1. The topological polar surface area (TPSA) is 185 Å². The fourth-order valence-corrected chi connectivity index (χ4v) is 6.96. The SMILES string of the molecule is CCCOc1ccc2cc1-c1cc(ccc1OCCNC(=O)OC(C)(C)C)C[C@@H](C(=O)OC)NC(=O)[C@H](C)CC(=O)[C@H]2N(C)C(=O)[C@@H](N)CO[Si](C)(C)C(C)(C)C. The van der Waals surface area contributed by atoms with Crippen molar-refractivity contribution in [1.29, 1.82) is 0 Å². The van der Waals surface area contributed by atoms with Gasteiger partial charge in [0.1, 0.15) is 41.8 Å². The molecule has 316 valence electrons. The van der Waals surface area contributed by atoms with E-state index in [4.69, 9.17) is 29.1 Å². The highest BCUT2D eigenvalue weighted by molar-refractivity contribution is 6.74. The normalized spacial score (nSPS) is 18.4. The summed E-state index contributed by atoms with van der Waals surface area (Å²) in [5.74, 6) is -2.05. The molecule has 1 heterocycles. The molecule has 0 aromatic heterocycles. The number of amides is 3. The van der Waals surface area contributed by atoms with Gasteiger partial charge in [0.05, 0.1) is 26.9 Å². The molecule has 57 heavy (non-hydrogen) atoms. The van der Waals surface area contributed by atoms with Gasteiger partial charge in [0.15, 0.2) is 14.1 Å². The Kier molecular flexibility index (Phi) is 16.3. The summed E-state index contributed by atoms with van der Waals surface area (Å²) in [5, 5.41) is 5.35. The van der Waals surface area contributed by atoms with Gasteiger partial charge in [-0.15, -0.1) is 0 Å². The number of alkyl carbamates (subject to hydrolysis) is 1. The van der Waals surface area contributed by atoms with Crippen LogP contribution in [-0.4, -0.2) is 101 Å². The van der Waals surface area contributed by atoms with Crippen LogP contribution < -0.4 is 25.8 Å². The summed E-state index contributed by atoms with van der Waals surface area (Å²) in [6.07, 6.45) is -0.0405. The van der Waals surface area contributed by atoms with Gasteiger partial charge in [-0.3, -0.25) is 14.4 Å². The first kappa shape index (κ1) is 46.9. The number of carbonyl (C=O) groups is 5. The molecule has 1 aliphatic rings. The van der Waals surface area contributed by atoms with E-state index in [9.17, 15) is 24.0 Å². The average molecular weight is 813 g/mol. The number of Topliss-reactive ketones (excluding diaryl/α,β-unsaturated/α-hetero) is 1. The largest absolute Gasteiger partial charge is 0.493 e.